The number of nitrogens with one attached hydrogen (secondary N) is 1. The van der Waals surface area contributed by atoms with E-state index in [1.165, 1.54) is 18.6 Å². The first-order valence-corrected chi connectivity index (χ1v) is 7.55. The highest BCUT2D eigenvalue weighted by molar-refractivity contribution is 9.09. The SMILES string of the molecule is O=C(NC1(CBr)CCCCC1)c1ccc(F)cc1O. The summed E-state index contributed by atoms with van der Waals surface area (Å²) in [7, 11) is 0. The summed E-state index contributed by atoms with van der Waals surface area (Å²) in [5, 5.41) is 13.3. The van der Waals surface area contributed by atoms with E-state index in [0.29, 0.717) is 5.33 Å². The van der Waals surface area contributed by atoms with Gasteiger partial charge in [-0.15, -0.1) is 0 Å². The number of hydrogen-bond donors (Lipinski definition) is 2. The number of phenolic OH excluding ortho intramolecular Hbond substituents is 1. The minimum atomic E-state index is -0.554. The van der Waals surface area contributed by atoms with Gasteiger partial charge in [0.2, 0.25) is 0 Å². The minimum absolute atomic E-state index is 0.118. The smallest absolute Gasteiger partial charge is 0.255 e. The monoisotopic (exact) mass is 329 g/mol. The third kappa shape index (κ3) is 3.26. The number of rotatable bonds is 3. The Bertz CT molecular complexity index is 473. The van der Waals surface area contributed by atoms with Crippen molar-refractivity contribution in [3.63, 3.8) is 0 Å². The van der Waals surface area contributed by atoms with Crippen LogP contribution < -0.4 is 5.32 Å². The number of alkyl halides is 1. The minimum Gasteiger partial charge on any atom is -0.507 e. The van der Waals surface area contributed by atoms with Crippen molar-refractivity contribution in [2.45, 2.75) is 37.6 Å². The van der Waals surface area contributed by atoms with Crippen LogP contribution in [-0.4, -0.2) is 21.9 Å². The Labute approximate surface area is 120 Å². The number of halogens is 2. The summed E-state index contributed by atoms with van der Waals surface area (Å²) in [4.78, 5) is 12.2. The molecule has 0 atom stereocenters. The summed E-state index contributed by atoms with van der Waals surface area (Å²) in [6.07, 6.45) is 5.20. The molecule has 0 aromatic heterocycles. The van der Waals surface area contributed by atoms with Crippen molar-refractivity contribution < 1.29 is 14.3 Å². The molecule has 3 nitrogen and oxygen atoms in total. The van der Waals surface area contributed by atoms with Crippen LogP contribution in [-0.2, 0) is 0 Å². The second-order valence-corrected chi connectivity index (χ2v) is 5.65. The Morgan fingerprint density at radius 3 is 2.63 bits per heavy atom. The van der Waals surface area contributed by atoms with Gasteiger partial charge in [0.05, 0.1) is 11.1 Å². The maximum absolute atomic E-state index is 12.9. The molecule has 0 saturated heterocycles. The van der Waals surface area contributed by atoms with Gasteiger partial charge in [-0.25, -0.2) is 4.39 Å². The van der Waals surface area contributed by atoms with Gasteiger partial charge >= 0.3 is 0 Å². The average molecular weight is 330 g/mol. The van der Waals surface area contributed by atoms with Gasteiger partial charge in [-0.2, -0.15) is 0 Å². The lowest BCUT2D eigenvalue weighted by Crippen LogP contribution is -2.51. The zero-order valence-corrected chi connectivity index (χ0v) is 12.2. The highest BCUT2D eigenvalue weighted by atomic mass is 79.9. The predicted octanol–water partition coefficient (Wildman–Crippen LogP) is 3.36. The van der Waals surface area contributed by atoms with Crippen LogP contribution in [0.25, 0.3) is 0 Å². The number of carbonyl (C=O) groups excluding carboxylic acids is 1. The van der Waals surface area contributed by atoms with Gasteiger partial charge in [0.1, 0.15) is 11.6 Å². The Morgan fingerprint density at radius 1 is 1.37 bits per heavy atom. The van der Waals surface area contributed by atoms with Gasteiger partial charge in [-0.3, -0.25) is 4.79 Å². The molecule has 1 amide bonds. The molecule has 1 aliphatic rings. The van der Waals surface area contributed by atoms with Gasteiger partial charge in [0.15, 0.2) is 0 Å². The van der Waals surface area contributed by atoms with Crippen LogP contribution in [0.15, 0.2) is 18.2 Å². The molecule has 1 aliphatic carbocycles. The Morgan fingerprint density at radius 2 is 2.05 bits per heavy atom. The van der Waals surface area contributed by atoms with E-state index in [0.717, 1.165) is 31.7 Å². The van der Waals surface area contributed by atoms with Gasteiger partial charge in [-0.05, 0) is 25.0 Å². The van der Waals surface area contributed by atoms with Crippen molar-refractivity contribution in [3.05, 3.63) is 29.6 Å². The van der Waals surface area contributed by atoms with Crippen molar-refractivity contribution in [2.24, 2.45) is 0 Å². The summed E-state index contributed by atoms with van der Waals surface area (Å²) in [5.74, 6) is -1.22. The highest BCUT2D eigenvalue weighted by Gasteiger charge is 2.33. The Hall–Kier alpha value is -1.10. The van der Waals surface area contributed by atoms with E-state index < -0.39 is 5.82 Å². The number of benzene rings is 1. The maximum atomic E-state index is 12.9. The van der Waals surface area contributed by atoms with Crippen molar-refractivity contribution in [3.8, 4) is 5.75 Å². The first kappa shape index (κ1) is 14.3. The van der Waals surface area contributed by atoms with Crippen LogP contribution >= 0.6 is 15.9 Å². The van der Waals surface area contributed by atoms with Crippen LogP contribution in [0.4, 0.5) is 4.39 Å². The third-order valence-electron chi connectivity index (χ3n) is 3.65. The van der Waals surface area contributed by atoms with E-state index in [4.69, 9.17) is 0 Å². The summed E-state index contributed by atoms with van der Waals surface area (Å²) >= 11 is 3.46. The summed E-state index contributed by atoms with van der Waals surface area (Å²) in [6, 6.07) is 3.44. The van der Waals surface area contributed by atoms with Crippen molar-refractivity contribution in [2.75, 3.05) is 5.33 Å². The molecule has 1 fully saturated rings. The van der Waals surface area contributed by atoms with E-state index in [2.05, 4.69) is 21.2 Å². The van der Waals surface area contributed by atoms with Crippen LogP contribution in [0.1, 0.15) is 42.5 Å². The first-order valence-electron chi connectivity index (χ1n) is 6.43. The fourth-order valence-corrected chi connectivity index (χ4v) is 3.23. The molecule has 19 heavy (non-hydrogen) atoms. The average Bonchev–Trinajstić information content (AvgIpc) is 2.39. The van der Waals surface area contributed by atoms with Gasteiger partial charge in [0.25, 0.3) is 5.91 Å². The second kappa shape index (κ2) is 5.90. The molecule has 1 saturated carbocycles. The molecule has 1 aromatic rings. The lowest BCUT2D eigenvalue weighted by Gasteiger charge is -2.36. The third-order valence-corrected chi connectivity index (χ3v) is 4.72. The topological polar surface area (TPSA) is 49.3 Å². The summed E-state index contributed by atoms with van der Waals surface area (Å²) in [6.45, 7) is 0. The van der Waals surface area contributed by atoms with Gasteiger partial charge in [-0.1, -0.05) is 35.2 Å². The maximum Gasteiger partial charge on any atom is 0.255 e. The molecule has 0 radical (unpaired) electrons. The normalized spacial score (nSPS) is 18.0. The van der Waals surface area contributed by atoms with Crippen LogP contribution in [0.3, 0.4) is 0 Å². The molecular weight excluding hydrogens is 313 g/mol. The molecule has 104 valence electrons. The first-order chi connectivity index (χ1) is 9.06. The lowest BCUT2D eigenvalue weighted by molar-refractivity contribution is 0.0883. The van der Waals surface area contributed by atoms with E-state index >= 15 is 0 Å². The molecule has 0 aliphatic heterocycles. The van der Waals surface area contributed by atoms with Crippen molar-refractivity contribution in [1.29, 1.82) is 0 Å². The van der Waals surface area contributed by atoms with Crippen LogP contribution in [0.2, 0.25) is 0 Å². The summed E-state index contributed by atoms with van der Waals surface area (Å²) < 4.78 is 12.9. The fraction of sp³-hybridized carbons (Fsp3) is 0.500. The standard InChI is InChI=1S/C14H17BrFNO2/c15-9-14(6-2-1-3-7-14)17-13(19)11-5-4-10(16)8-12(11)18/h4-5,8,18H,1-3,6-7,9H2,(H,17,19). The second-order valence-electron chi connectivity index (χ2n) is 5.09. The summed E-state index contributed by atoms with van der Waals surface area (Å²) in [5.41, 5.74) is -0.136. The lowest BCUT2D eigenvalue weighted by atomic mass is 9.83. The number of carbonyl (C=O) groups is 1. The molecule has 2 N–H and O–H groups in total. The van der Waals surface area contributed by atoms with Crippen LogP contribution in [0.5, 0.6) is 5.75 Å². The molecule has 0 heterocycles. The number of hydrogen-bond acceptors (Lipinski definition) is 2. The van der Waals surface area contributed by atoms with Crippen molar-refractivity contribution in [1.82, 2.24) is 5.32 Å². The molecule has 2 rings (SSSR count). The zero-order chi connectivity index (χ0) is 13.9. The Balaban J connectivity index is 2.15. The van der Waals surface area contributed by atoms with Crippen molar-refractivity contribution >= 4 is 21.8 Å². The van der Waals surface area contributed by atoms with E-state index in [1.54, 1.807) is 0 Å². The number of amides is 1. The fourth-order valence-electron chi connectivity index (χ4n) is 2.53. The zero-order valence-electron chi connectivity index (χ0n) is 10.6. The highest BCUT2D eigenvalue weighted by Crippen LogP contribution is 2.30. The predicted molar refractivity (Wildman–Crippen MR) is 75.1 cm³/mol. The number of aromatic hydroxyl groups is 1. The number of phenols is 1. The van der Waals surface area contributed by atoms with Gasteiger partial charge < -0.3 is 10.4 Å². The van der Waals surface area contributed by atoms with Crippen LogP contribution in [0, 0.1) is 5.82 Å². The molecule has 1 aromatic carbocycles. The van der Waals surface area contributed by atoms with E-state index in [9.17, 15) is 14.3 Å². The van der Waals surface area contributed by atoms with E-state index in [1.807, 2.05) is 0 Å². The van der Waals surface area contributed by atoms with E-state index in [-0.39, 0.29) is 22.8 Å². The Kier molecular flexibility index (Phi) is 4.45. The molecule has 0 spiro atoms. The largest absolute Gasteiger partial charge is 0.507 e. The molecule has 0 unspecified atom stereocenters. The van der Waals surface area contributed by atoms with Gasteiger partial charge in [0, 0.05) is 11.4 Å². The quantitative estimate of drug-likeness (QED) is 0.835. The molecular formula is C14H17BrFNO2. The molecule has 5 heteroatoms. The molecule has 0 bridgehead atoms.